The molecule has 0 atom stereocenters. The number of anilines is 1. The van der Waals surface area contributed by atoms with Crippen molar-refractivity contribution in [2.24, 2.45) is 0 Å². The van der Waals surface area contributed by atoms with Gasteiger partial charge in [0.05, 0.1) is 45.2 Å². The summed E-state index contributed by atoms with van der Waals surface area (Å²) in [6, 6.07) is 15.1. The number of rotatable bonds is 7. The van der Waals surface area contributed by atoms with E-state index in [0.717, 1.165) is 22.0 Å². The fourth-order valence-electron chi connectivity index (χ4n) is 3.94. The zero-order chi connectivity index (χ0) is 25.3. The van der Waals surface area contributed by atoms with Crippen molar-refractivity contribution < 1.29 is 23.0 Å². The second-order valence-corrected chi connectivity index (χ2v) is 9.70. The first-order valence-corrected chi connectivity index (χ1v) is 12.1. The number of sulfonamides is 1. The van der Waals surface area contributed by atoms with Crippen LogP contribution in [-0.2, 0) is 10.0 Å². The van der Waals surface area contributed by atoms with Gasteiger partial charge in [-0.3, -0.25) is 24.5 Å². The largest absolute Gasteiger partial charge is 0.493 e. The van der Waals surface area contributed by atoms with Gasteiger partial charge in [0.15, 0.2) is 0 Å². The van der Waals surface area contributed by atoms with Crippen LogP contribution >= 0.6 is 0 Å². The molecule has 10 nitrogen and oxygen atoms in total. The number of fused-ring (bicyclic) bond motifs is 1. The molecule has 180 valence electrons. The van der Waals surface area contributed by atoms with Crippen LogP contribution in [0.2, 0.25) is 0 Å². The van der Waals surface area contributed by atoms with Crippen LogP contribution in [0, 0.1) is 27.2 Å². The van der Waals surface area contributed by atoms with Crippen LogP contribution in [0.4, 0.5) is 17.1 Å². The predicted octanol–water partition coefficient (Wildman–Crippen LogP) is 4.96. The molecule has 1 aliphatic heterocycles. The predicted molar refractivity (Wildman–Crippen MR) is 131 cm³/mol. The number of nitro benzene ring substituents is 2. The van der Waals surface area contributed by atoms with Crippen LogP contribution in [0.1, 0.15) is 23.6 Å². The molecule has 0 spiro atoms. The van der Waals surface area contributed by atoms with Crippen LogP contribution < -0.4 is 9.04 Å². The van der Waals surface area contributed by atoms with Gasteiger partial charge in [-0.15, -0.1) is 0 Å². The van der Waals surface area contributed by atoms with Gasteiger partial charge in [-0.1, -0.05) is 35.9 Å². The van der Waals surface area contributed by atoms with E-state index in [1.807, 2.05) is 13.8 Å². The number of nitro groups is 2. The lowest BCUT2D eigenvalue weighted by Crippen LogP contribution is -2.29. The minimum Gasteiger partial charge on any atom is -0.493 e. The third kappa shape index (κ3) is 4.45. The Bertz CT molecular complexity index is 1460. The number of hydrogen-bond acceptors (Lipinski definition) is 7. The minimum absolute atomic E-state index is 0.0163. The first-order valence-electron chi connectivity index (χ1n) is 10.6. The van der Waals surface area contributed by atoms with E-state index in [2.05, 4.69) is 0 Å². The second-order valence-electron chi connectivity index (χ2n) is 7.84. The van der Waals surface area contributed by atoms with Gasteiger partial charge < -0.3 is 4.74 Å². The molecule has 0 aliphatic carbocycles. The summed E-state index contributed by atoms with van der Waals surface area (Å²) < 4.78 is 33.8. The highest BCUT2D eigenvalue weighted by atomic mass is 32.2. The summed E-state index contributed by atoms with van der Waals surface area (Å²) in [7, 11) is -4.18. The Labute approximate surface area is 201 Å². The Morgan fingerprint density at radius 1 is 1.03 bits per heavy atom. The lowest BCUT2D eigenvalue weighted by atomic mass is 10.0. The quantitative estimate of drug-likeness (QED) is 0.334. The fraction of sp³-hybridized carbons (Fsp3) is 0.167. The van der Waals surface area contributed by atoms with Gasteiger partial charge in [0.25, 0.3) is 21.4 Å². The molecule has 0 aromatic heterocycles. The van der Waals surface area contributed by atoms with Crippen molar-refractivity contribution in [2.45, 2.75) is 18.7 Å². The first-order chi connectivity index (χ1) is 16.6. The van der Waals surface area contributed by atoms with Crippen molar-refractivity contribution in [1.29, 1.82) is 0 Å². The molecule has 3 aromatic rings. The number of nitrogens with zero attached hydrogens (tertiary/aromatic N) is 3. The van der Waals surface area contributed by atoms with Gasteiger partial charge >= 0.3 is 0 Å². The van der Waals surface area contributed by atoms with E-state index in [0.29, 0.717) is 23.5 Å². The molecule has 0 saturated heterocycles. The van der Waals surface area contributed by atoms with Crippen molar-refractivity contribution in [1.82, 2.24) is 0 Å². The SMILES string of the molecule is CCOc1ccccc1/C=C1\CN(S(=O)(=O)c2ccc(C)cc2)c2cc([N+](=O)[O-])cc([N+](=O)[O-])c21. The highest BCUT2D eigenvalue weighted by molar-refractivity contribution is 7.92. The summed E-state index contributed by atoms with van der Waals surface area (Å²) >= 11 is 0. The van der Waals surface area contributed by atoms with E-state index in [1.54, 1.807) is 42.5 Å². The molecular weight excluding hydrogens is 474 g/mol. The lowest BCUT2D eigenvalue weighted by Gasteiger charge is -2.19. The maximum Gasteiger partial charge on any atom is 0.285 e. The normalized spacial score (nSPS) is 14.1. The molecule has 4 rings (SSSR count). The number of ether oxygens (including phenoxy) is 1. The molecule has 0 bridgehead atoms. The summed E-state index contributed by atoms with van der Waals surface area (Å²) in [5.41, 5.74) is 0.549. The van der Waals surface area contributed by atoms with Crippen molar-refractivity contribution in [2.75, 3.05) is 17.5 Å². The number of non-ortho nitro benzene ring substituents is 1. The van der Waals surface area contributed by atoms with Crippen LogP contribution in [0.3, 0.4) is 0 Å². The maximum atomic E-state index is 13.6. The fourth-order valence-corrected chi connectivity index (χ4v) is 5.38. The zero-order valence-corrected chi connectivity index (χ0v) is 19.7. The standard InChI is InChI=1S/C24H21N3O7S/c1-3-34-23-7-5-4-6-17(23)12-18-15-25(35(32,33)20-10-8-16(2)9-11-20)21-13-19(26(28)29)14-22(24(18)21)27(30)31/h4-14H,3,15H2,1-2H3/b18-12+. The summed E-state index contributed by atoms with van der Waals surface area (Å²) in [5.74, 6) is 0.522. The van der Waals surface area contributed by atoms with Crippen LogP contribution in [0.15, 0.2) is 65.6 Å². The van der Waals surface area contributed by atoms with E-state index < -0.39 is 31.2 Å². The Balaban J connectivity index is 1.98. The molecule has 3 aromatic carbocycles. The van der Waals surface area contributed by atoms with Crippen LogP contribution in [0.5, 0.6) is 5.75 Å². The second kappa shape index (κ2) is 9.18. The molecule has 35 heavy (non-hydrogen) atoms. The van der Waals surface area contributed by atoms with Gasteiger partial charge in [0, 0.05) is 11.6 Å². The smallest absolute Gasteiger partial charge is 0.285 e. The molecule has 0 fully saturated rings. The van der Waals surface area contributed by atoms with Crippen LogP contribution in [-0.4, -0.2) is 31.4 Å². The summed E-state index contributed by atoms with van der Waals surface area (Å²) in [6.45, 7) is 3.77. The zero-order valence-electron chi connectivity index (χ0n) is 18.9. The summed E-state index contributed by atoms with van der Waals surface area (Å²) in [6.07, 6.45) is 1.62. The average Bonchev–Trinajstić information content (AvgIpc) is 3.19. The molecule has 0 unspecified atom stereocenters. The average molecular weight is 496 g/mol. The maximum absolute atomic E-state index is 13.6. The molecule has 1 heterocycles. The van der Waals surface area contributed by atoms with Gasteiger partial charge in [-0.05, 0) is 43.7 Å². The van der Waals surface area contributed by atoms with Gasteiger partial charge in [-0.2, -0.15) is 0 Å². The molecule has 0 radical (unpaired) electrons. The minimum atomic E-state index is -4.18. The van der Waals surface area contributed by atoms with Crippen molar-refractivity contribution >= 4 is 38.7 Å². The summed E-state index contributed by atoms with van der Waals surface area (Å²) in [4.78, 5) is 21.9. The van der Waals surface area contributed by atoms with E-state index in [1.165, 1.54) is 12.1 Å². The molecule has 1 aliphatic rings. The first kappa shape index (κ1) is 23.9. The number of hydrogen-bond donors (Lipinski definition) is 0. The molecule has 0 N–H and O–H groups in total. The molecule has 0 saturated carbocycles. The Morgan fingerprint density at radius 2 is 1.71 bits per heavy atom. The lowest BCUT2D eigenvalue weighted by molar-refractivity contribution is -0.394. The molecule has 11 heteroatoms. The molecule has 0 amide bonds. The number of para-hydroxylation sites is 1. The van der Waals surface area contributed by atoms with Gasteiger partial charge in [-0.25, -0.2) is 8.42 Å². The van der Waals surface area contributed by atoms with Crippen molar-refractivity contribution in [3.63, 3.8) is 0 Å². The van der Waals surface area contributed by atoms with Crippen LogP contribution in [0.25, 0.3) is 11.6 Å². The Morgan fingerprint density at radius 3 is 2.34 bits per heavy atom. The van der Waals surface area contributed by atoms with Crippen molar-refractivity contribution in [3.8, 4) is 5.75 Å². The van der Waals surface area contributed by atoms with E-state index in [-0.39, 0.29) is 22.7 Å². The number of aryl methyl sites for hydroxylation is 1. The topological polar surface area (TPSA) is 133 Å². The van der Waals surface area contributed by atoms with E-state index >= 15 is 0 Å². The Hall–Kier alpha value is -4.25. The summed E-state index contributed by atoms with van der Waals surface area (Å²) in [5, 5.41) is 23.4. The number of benzene rings is 3. The van der Waals surface area contributed by atoms with Gasteiger partial charge in [0.2, 0.25) is 0 Å². The molecular formula is C24H21N3O7S. The van der Waals surface area contributed by atoms with Gasteiger partial charge in [0.1, 0.15) is 5.75 Å². The third-order valence-electron chi connectivity index (χ3n) is 5.55. The highest BCUT2D eigenvalue weighted by Gasteiger charge is 2.40. The monoisotopic (exact) mass is 495 g/mol. The highest BCUT2D eigenvalue weighted by Crippen LogP contribution is 2.47. The Kier molecular flexibility index (Phi) is 6.27. The third-order valence-corrected chi connectivity index (χ3v) is 7.32. The van der Waals surface area contributed by atoms with E-state index in [4.69, 9.17) is 4.74 Å². The van der Waals surface area contributed by atoms with Crippen molar-refractivity contribution in [3.05, 3.63) is 97.6 Å². The van der Waals surface area contributed by atoms with E-state index in [9.17, 15) is 28.6 Å².